The van der Waals surface area contributed by atoms with Gasteiger partial charge in [-0.05, 0) is 53.6 Å². The fraction of sp³-hybridized carbons (Fsp3) is 0.533. The second kappa shape index (κ2) is 5.32. The lowest BCUT2D eigenvalue weighted by Gasteiger charge is -2.52. The normalized spacial score (nSPS) is 26.8. The standard InChI is InChI=1S/C15H19BrN2O2S/c1-4-5-18-14(21)17-12-8-15(18,2)20-13-10(12)6-9(19-3)7-11(13)16/h6-7,12H,4-5,8H2,1-3H3,(H,17,21). The lowest BCUT2D eigenvalue weighted by atomic mass is 9.90. The molecule has 2 unspecified atom stereocenters. The van der Waals surface area contributed by atoms with E-state index in [1.165, 1.54) is 0 Å². The van der Waals surface area contributed by atoms with Gasteiger partial charge in [-0.2, -0.15) is 0 Å². The number of halogens is 1. The molecule has 1 N–H and O–H groups in total. The largest absolute Gasteiger partial charge is 0.497 e. The summed E-state index contributed by atoms with van der Waals surface area (Å²) in [6.07, 6.45) is 1.89. The van der Waals surface area contributed by atoms with Gasteiger partial charge >= 0.3 is 0 Å². The van der Waals surface area contributed by atoms with Crippen molar-refractivity contribution in [3.63, 3.8) is 0 Å². The molecule has 2 aliphatic heterocycles. The van der Waals surface area contributed by atoms with Crippen molar-refractivity contribution in [2.24, 2.45) is 0 Å². The Kier molecular flexibility index (Phi) is 3.78. The highest BCUT2D eigenvalue weighted by molar-refractivity contribution is 9.10. The molecule has 0 amide bonds. The molecule has 0 spiro atoms. The topological polar surface area (TPSA) is 33.7 Å². The average Bonchev–Trinajstić information content (AvgIpc) is 2.44. The summed E-state index contributed by atoms with van der Waals surface area (Å²) in [5, 5.41) is 4.21. The van der Waals surface area contributed by atoms with Crippen molar-refractivity contribution in [1.82, 2.24) is 10.2 Å². The van der Waals surface area contributed by atoms with Crippen LogP contribution in [0.5, 0.6) is 11.5 Å². The van der Waals surface area contributed by atoms with Gasteiger partial charge in [-0.3, -0.25) is 0 Å². The second-order valence-electron chi connectivity index (χ2n) is 5.66. The van der Waals surface area contributed by atoms with Crippen LogP contribution in [0.25, 0.3) is 0 Å². The van der Waals surface area contributed by atoms with Gasteiger partial charge in [0.15, 0.2) is 10.8 Å². The van der Waals surface area contributed by atoms with Crippen LogP contribution in [0.1, 0.15) is 38.3 Å². The van der Waals surface area contributed by atoms with E-state index in [1.54, 1.807) is 7.11 Å². The predicted octanol–water partition coefficient (Wildman–Crippen LogP) is 3.60. The smallest absolute Gasteiger partial charge is 0.184 e. The molecule has 0 aromatic heterocycles. The average molecular weight is 371 g/mol. The first-order valence-electron chi connectivity index (χ1n) is 7.13. The van der Waals surface area contributed by atoms with Crippen molar-refractivity contribution in [3.05, 3.63) is 22.2 Å². The van der Waals surface area contributed by atoms with Crippen molar-refractivity contribution >= 4 is 33.3 Å². The summed E-state index contributed by atoms with van der Waals surface area (Å²) in [4.78, 5) is 2.15. The van der Waals surface area contributed by atoms with Crippen molar-refractivity contribution in [1.29, 1.82) is 0 Å². The van der Waals surface area contributed by atoms with Gasteiger partial charge in [0.05, 0.1) is 17.6 Å². The summed E-state index contributed by atoms with van der Waals surface area (Å²) in [6.45, 7) is 5.15. The van der Waals surface area contributed by atoms with E-state index in [4.69, 9.17) is 21.7 Å². The van der Waals surface area contributed by atoms with Gasteiger partial charge in [-0.25, -0.2) is 0 Å². The minimum Gasteiger partial charge on any atom is -0.497 e. The number of benzene rings is 1. The quantitative estimate of drug-likeness (QED) is 0.822. The zero-order chi connectivity index (χ0) is 15.2. The summed E-state index contributed by atoms with van der Waals surface area (Å²) < 4.78 is 12.6. The van der Waals surface area contributed by atoms with E-state index >= 15 is 0 Å². The molecule has 114 valence electrons. The molecule has 4 nitrogen and oxygen atoms in total. The first-order chi connectivity index (χ1) is 9.98. The van der Waals surface area contributed by atoms with Crippen molar-refractivity contribution < 1.29 is 9.47 Å². The zero-order valence-corrected chi connectivity index (χ0v) is 14.8. The summed E-state index contributed by atoms with van der Waals surface area (Å²) in [5.41, 5.74) is 0.699. The molecule has 1 aromatic rings. The highest BCUT2D eigenvalue weighted by Crippen LogP contribution is 2.48. The molecule has 0 saturated carbocycles. The number of methoxy groups -OCH3 is 1. The molecule has 1 saturated heterocycles. The first-order valence-corrected chi connectivity index (χ1v) is 8.33. The molecule has 0 aliphatic carbocycles. The van der Waals surface area contributed by atoms with E-state index in [9.17, 15) is 0 Å². The van der Waals surface area contributed by atoms with Crippen LogP contribution >= 0.6 is 28.1 Å². The molecule has 0 radical (unpaired) electrons. The van der Waals surface area contributed by atoms with Crippen LogP contribution < -0.4 is 14.8 Å². The van der Waals surface area contributed by atoms with Gasteiger partial charge in [0.2, 0.25) is 0 Å². The first kappa shape index (κ1) is 14.9. The SMILES string of the molecule is CCCN1C(=S)NC2CC1(C)Oc1c(Br)cc(OC)cc12. The van der Waals surface area contributed by atoms with Crippen LogP contribution in [-0.2, 0) is 0 Å². The Bertz CT molecular complexity index is 595. The fourth-order valence-electron chi connectivity index (χ4n) is 3.12. The maximum absolute atomic E-state index is 6.35. The van der Waals surface area contributed by atoms with Crippen molar-refractivity contribution in [2.45, 2.75) is 38.5 Å². The maximum Gasteiger partial charge on any atom is 0.184 e. The van der Waals surface area contributed by atoms with Gasteiger partial charge in [0, 0.05) is 18.5 Å². The number of ether oxygens (including phenoxy) is 2. The number of nitrogens with one attached hydrogen (secondary N) is 1. The van der Waals surface area contributed by atoms with Crippen LogP contribution in [0.3, 0.4) is 0 Å². The summed E-state index contributed by atoms with van der Waals surface area (Å²) in [7, 11) is 1.67. The lowest BCUT2D eigenvalue weighted by molar-refractivity contribution is -0.0686. The lowest BCUT2D eigenvalue weighted by Crippen LogP contribution is -2.64. The molecule has 3 rings (SSSR count). The van der Waals surface area contributed by atoms with E-state index in [2.05, 4.69) is 40.0 Å². The Balaban J connectivity index is 2.06. The van der Waals surface area contributed by atoms with Crippen molar-refractivity contribution in [2.75, 3.05) is 13.7 Å². The molecular weight excluding hydrogens is 352 g/mol. The maximum atomic E-state index is 6.35. The fourth-order valence-corrected chi connectivity index (χ4v) is 4.08. The molecular formula is C15H19BrN2O2S. The van der Waals surface area contributed by atoms with Crippen molar-refractivity contribution in [3.8, 4) is 11.5 Å². The number of thiocarbonyl (C=S) groups is 1. The Morgan fingerprint density at radius 3 is 3.00 bits per heavy atom. The Labute approximate surface area is 138 Å². The van der Waals surface area contributed by atoms with Gasteiger partial charge in [0.25, 0.3) is 0 Å². The van der Waals surface area contributed by atoms with E-state index in [1.807, 2.05) is 12.1 Å². The molecule has 2 aliphatic rings. The second-order valence-corrected chi connectivity index (χ2v) is 6.90. The van der Waals surface area contributed by atoms with Crippen LogP contribution in [0.15, 0.2) is 16.6 Å². The van der Waals surface area contributed by atoms with E-state index < -0.39 is 5.72 Å². The summed E-state index contributed by atoms with van der Waals surface area (Å²) in [5.74, 6) is 1.70. The van der Waals surface area contributed by atoms with Crippen LogP contribution in [-0.4, -0.2) is 29.4 Å². The molecule has 6 heteroatoms. The third kappa shape index (κ3) is 2.38. The highest BCUT2D eigenvalue weighted by atomic mass is 79.9. The third-order valence-electron chi connectivity index (χ3n) is 4.12. The number of nitrogens with zero attached hydrogens (tertiary/aromatic N) is 1. The van der Waals surface area contributed by atoms with Crippen LogP contribution in [0.2, 0.25) is 0 Å². The minimum absolute atomic E-state index is 0.158. The van der Waals surface area contributed by atoms with E-state index in [0.29, 0.717) is 0 Å². The summed E-state index contributed by atoms with van der Waals surface area (Å²) in [6, 6.07) is 4.12. The number of hydrogen-bond donors (Lipinski definition) is 1. The molecule has 1 fully saturated rings. The van der Waals surface area contributed by atoms with Crippen LogP contribution in [0.4, 0.5) is 0 Å². The number of rotatable bonds is 3. The zero-order valence-electron chi connectivity index (χ0n) is 12.4. The molecule has 21 heavy (non-hydrogen) atoms. The van der Waals surface area contributed by atoms with E-state index in [0.717, 1.165) is 46.0 Å². The third-order valence-corrected chi connectivity index (χ3v) is 5.05. The molecule has 2 atom stereocenters. The van der Waals surface area contributed by atoms with Gasteiger partial charge in [0.1, 0.15) is 11.5 Å². The predicted molar refractivity (Wildman–Crippen MR) is 89.8 cm³/mol. The Morgan fingerprint density at radius 2 is 2.33 bits per heavy atom. The van der Waals surface area contributed by atoms with Crippen LogP contribution in [0, 0.1) is 0 Å². The molecule has 2 heterocycles. The number of hydrogen-bond acceptors (Lipinski definition) is 3. The van der Waals surface area contributed by atoms with Gasteiger partial charge in [-0.15, -0.1) is 0 Å². The monoisotopic (exact) mass is 370 g/mol. The Morgan fingerprint density at radius 1 is 1.57 bits per heavy atom. The Hall–Kier alpha value is -1.01. The van der Waals surface area contributed by atoms with E-state index in [-0.39, 0.29) is 6.04 Å². The highest BCUT2D eigenvalue weighted by Gasteiger charge is 2.47. The number of fused-ring (bicyclic) bond motifs is 4. The summed E-state index contributed by atoms with van der Waals surface area (Å²) >= 11 is 9.13. The molecule has 1 aromatic carbocycles. The van der Waals surface area contributed by atoms with Gasteiger partial charge < -0.3 is 19.7 Å². The minimum atomic E-state index is -0.396. The molecule has 2 bridgehead atoms. The van der Waals surface area contributed by atoms with Gasteiger partial charge in [-0.1, -0.05) is 6.92 Å².